The van der Waals surface area contributed by atoms with Crippen LogP contribution in [0.2, 0.25) is 0 Å². The van der Waals surface area contributed by atoms with Crippen molar-refractivity contribution in [3.63, 3.8) is 0 Å². The van der Waals surface area contributed by atoms with E-state index in [4.69, 9.17) is 19.3 Å². The molecule has 0 fully saturated rings. The summed E-state index contributed by atoms with van der Waals surface area (Å²) in [6.45, 7) is 1.73. The average molecular weight is 268 g/mol. The molecule has 0 radical (unpaired) electrons. The summed E-state index contributed by atoms with van der Waals surface area (Å²) in [6.07, 6.45) is 0.153. The Labute approximate surface area is 110 Å². The Morgan fingerprint density at radius 1 is 1.42 bits per heavy atom. The lowest BCUT2D eigenvalue weighted by atomic mass is 10.1. The highest BCUT2D eigenvalue weighted by Gasteiger charge is 2.23. The molecule has 0 bridgehead atoms. The zero-order chi connectivity index (χ0) is 13.8. The highest BCUT2D eigenvalue weighted by Crippen LogP contribution is 2.38. The van der Waals surface area contributed by atoms with E-state index in [-0.39, 0.29) is 13.4 Å². The van der Waals surface area contributed by atoms with Crippen molar-refractivity contribution in [2.24, 2.45) is 0 Å². The maximum atomic E-state index is 11.1. The molecule has 1 aromatic rings. The van der Waals surface area contributed by atoms with Gasteiger partial charge >= 0.3 is 5.97 Å². The molecule has 19 heavy (non-hydrogen) atoms. The van der Waals surface area contributed by atoms with Gasteiger partial charge in [0.1, 0.15) is 5.75 Å². The van der Waals surface area contributed by atoms with Gasteiger partial charge in [0.2, 0.25) is 6.79 Å². The van der Waals surface area contributed by atoms with E-state index in [9.17, 15) is 9.90 Å². The summed E-state index contributed by atoms with van der Waals surface area (Å²) < 4.78 is 15.9. The molecule has 6 heteroatoms. The SMILES string of the molecule is CCCC(Oc1cc2c(cc1CO)OCO2)C(=O)O. The molecule has 104 valence electrons. The number of benzene rings is 1. The van der Waals surface area contributed by atoms with Crippen LogP contribution in [0.1, 0.15) is 25.3 Å². The van der Waals surface area contributed by atoms with Crippen LogP contribution in [0.4, 0.5) is 0 Å². The summed E-state index contributed by atoms with van der Waals surface area (Å²) >= 11 is 0. The Hall–Kier alpha value is -1.95. The van der Waals surface area contributed by atoms with E-state index in [0.717, 1.165) is 0 Å². The first-order chi connectivity index (χ1) is 9.15. The average Bonchev–Trinajstić information content (AvgIpc) is 2.84. The summed E-state index contributed by atoms with van der Waals surface area (Å²) in [4.78, 5) is 11.1. The monoisotopic (exact) mass is 268 g/mol. The van der Waals surface area contributed by atoms with Crippen molar-refractivity contribution in [3.8, 4) is 17.2 Å². The maximum Gasteiger partial charge on any atom is 0.344 e. The number of carboxylic acids is 1. The molecule has 1 atom stereocenters. The quantitative estimate of drug-likeness (QED) is 0.814. The molecule has 1 heterocycles. The van der Waals surface area contributed by atoms with Gasteiger partial charge in [0.15, 0.2) is 17.6 Å². The predicted molar refractivity (Wildman–Crippen MR) is 65.4 cm³/mol. The number of aliphatic hydroxyl groups excluding tert-OH is 1. The van der Waals surface area contributed by atoms with Crippen LogP contribution >= 0.6 is 0 Å². The molecule has 2 rings (SSSR count). The molecule has 1 aliphatic heterocycles. The fourth-order valence-electron chi connectivity index (χ4n) is 1.85. The van der Waals surface area contributed by atoms with Crippen molar-refractivity contribution >= 4 is 5.97 Å². The molecule has 1 aliphatic rings. The second kappa shape index (κ2) is 5.79. The number of rotatable bonds is 6. The van der Waals surface area contributed by atoms with Gasteiger partial charge in [-0.15, -0.1) is 0 Å². The second-order valence-electron chi connectivity index (χ2n) is 4.20. The molecular formula is C13H16O6. The van der Waals surface area contributed by atoms with E-state index >= 15 is 0 Å². The normalized spacial score (nSPS) is 14.2. The minimum absolute atomic E-state index is 0.112. The Morgan fingerprint density at radius 2 is 2.11 bits per heavy atom. The number of aliphatic hydroxyl groups is 1. The van der Waals surface area contributed by atoms with E-state index in [1.54, 1.807) is 12.1 Å². The molecule has 1 unspecified atom stereocenters. The smallest absolute Gasteiger partial charge is 0.344 e. The molecular weight excluding hydrogens is 252 g/mol. The minimum atomic E-state index is -1.02. The van der Waals surface area contributed by atoms with Gasteiger partial charge in [0.25, 0.3) is 0 Å². The molecule has 0 spiro atoms. The molecule has 2 N–H and O–H groups in total. The molecule has 0 saturated heterocycles. The van der Waals surface area contributed by atoms with Gasteiger partial charge in [-0.05, 0) is 12.5 Å². The highest BCUT2D eigenvalue weighted by atomic mass is 16.7. The molecule has 0 aromatic heterocycles. The van der Waals surface area contributed by atoms with Crippen molar-refractivity contribution in [3.05, 3.63) is 17.7 Å². The van der Waals surface area contributed by atoms with Crippen molar-refractivity contribution in [2.45, 2.75) is 32.5 Å². The van der Waals surface area contributed by atoms with Crippen molar-refractivity contribution < 1.29 is 29.2 Å². The zero-order valence-corrected chi connectivity index (χ0v) is 10.6. The maximum absolute atomic E-state index is 11.1. The topological polar surface area (TPSA) is 85.2 Å². The number of hydrogen-bond acceptors (Lipinski definition) is 5. The summed E-state index contributed by atoms with van der Waals surface area (Å²) in [5.41, 5.74) is 0.478. The fourth-order valence-corrected chi connectivity index (χ4v) is 1.85. The highest BCUT2D eigenvalue weighted by molar-refractivity contribution is 5.73. The summed E-state index contributed by atoms with van der Waals surface area (Å²) in [5, 5.41) is 18.4. The second-order valence-corrected chi connectivity index (χ2v) is 4.20. The van der Waals surface area contributed by atoms with E-state index in [0.29, 0.717) is 35.7 Å². The number of carbonyl (C=O) groups is 1. The van der Waals surface area contributed by atoms with Crippen molar-refractivity contribution in [1.29, 1.82) is 0 Å². The largest absolute Gasteiger partial charge is 0.479 e. The Balaban J connectivity index is 2.25. The molecule has 6 nitrogen and oxygen atoms in total. The van der Waals surface area contributed by atoms with Gasteiger partial charge < -0.3 is 24.4 Å². The lowest BCUT2D eigenvalue weighted by Gasteiger charge is -2.17. The molecule has 0 amide bonds. The first-order valence-corrected chi connectivity index (χ1v) is 6.08. The van der Waals surface area contributed by atoms with Gasteiger partial charge in [-0.25, -0.2) is 4.79 Å². The Kier molecular flexibility index (Phi) is 4.11. The number of fused-ring (bicyclic) bond motifs is 1. The molecule has 1 aromatic carbocycles. The Bertz CT molecular complexity index is 470. The predicted octanol–water partition coefficient (Wildman–Crippen LogP) is 1.54. The number of carboxylic acid groups (broad SMARTS) is 1. The van der Waals surface area contributed by atoms with Crippen LogP contribution in [0.3, 0.4) is 0 Å². The number of aliphatic carboxylic acids is 1. The van der Waals surface area contributed by atoms with Crippen molar-refractivity contribution in [2.75, 3.05) is 6.79 Å². The summed E-state index contributed by atoms with van der Waals surface area (Å²) in [6, 6.07) is 3.15. The third kappa shape index (κ3) is 2.90. The van der Waals surface area contributed by atoms with Crippen LogP contribution < -0.4 is 14.2 Å². The molecule has 0 saturated carbocycles. The standard InChI is InChI=1S/C13H16O6/c1-2-3-9(13(15)16)19-10-5-12-11(17-7-18-12)4-8(10)6-14/h4-5,9,14H,2-3,6-7H2,1H3,(H,15,16). The Morgan fingerprint density at radius 3 is 2.68 bits per heavy atom. The van der Waals surface area contributed by atoms with Gasteiger partial charge in [-0.2, -0.15) is 0 Å². The summed E-state index contributed by atoms with van der Waals surface area (Å²) in [7, 11) is 0. The van der Waals surface area contributed by atoms with E-state index < -0.39 is 12.1 Å². The van der Waals surface area contributed by atoms with Gasteiger partial charge in [-0.1, -0.05) is 13.3 Å². The van der Waals surface area contributed by atoms with Gasteiger partial charge in [0, 0.05) is 11.6 Å². The van der Waals surface area contributed by atoms with E-state index in [2.05, 4.69) is 0 Å². The van der Waals surface area contributed by atoms with Crippen LogP contribution in [0.25, 0.3) is 0 Å². The van der Waals surface area contributed by atoms with Crippen LogP contribution in [0.15, 0.2) is 12.1 Å². The van der Waals surface area contributed by atoms with Crippen LogP contribution in [-0.2, 0) is 11.4 Å². The van der Waals surface area contributed by atoms with Gasteiger partial charge in [0.05, 0.1) is 6.61 Å². The number of hydrogen-bond donors (Lipinski definition) is 2. The molecule has 0 aliphatic carbocycles. The van der Waals surface area contributed by atoms with Crippen LogP contribution in [-0.4, -0.2) is 29.1 Å². The minimum Gasteiger partial charge on any atom is -0.479 e. The van der Waals surface area contributed by atoms with Crippen molar-refractivity contribution in [1.82, 2.24) is 0 Å². The van der Waals surface area contributed by atoms with E-state index in [1.165, 1.54) is 0 Å². The summed E-state index contributed by atoms with van der Waals surface area (Å²) in [5.74, 6) is 0.308. The first kappa shape index (κ1) is 13.5. The lowest BCUT2D eigenvalue weighted by Crippen LogP contribution is -2.27. The van der Waals surface area contributed by atoms with Crippen LogP contribution in [0.5, 0.6) is 17.2 Å². The zero-order valence-electron chi connectivity index (χ0n) is 10.6. The fraction of sp³-hybridized carbons (Fsp3) is 0.462. The van der Waals surface area contributed by atoms with Crippen LogP contribution in [0, 0.1) is 0 Å². The van der Waals surface area contributed by atoms with Gasteiger partial charge in [-0.3, -0.25) is 0 Å². The third-order valence-electron chi connectivity index (χ3n) is 2.82. The van der Waals surface area contributed by atoms with E-state index in [1.807, 2.05) is 6.92 Å². The lowest BCUT2D eigenvalue weighted by molar-refractivity contribution is -0.145. The first-order valence-electron chi connectivity index (χ1n) is 6.08. The third-order valence-corrected chi connectivity index (χ3v) is 2.82. The number of ether oxygens (including phenoxy) is 3.